The molecule has 6 heteroatoms. The number of carbonyl (C=O) groups is 2. The van der Waals surface area contributed by atoms with Crippen molar-refractivity contribution in [1.29, 1.82) is 0 Å². The Labute approximate surface area is 145 Å². The van der Waals surface area contributed by atoms with Crippen LogP contribution in [0.4, 0.5) is 0 Å². The van der Waals surface area contributed by atoms with E-state index in [0.29, 0.717) is 19.6 Å². The Morgan fingerprint density at radius 1 is 1.14 bits per heavy atom. The van der Waals surface area contributed by atoms with Gasteiger partial charge in [-0.2, -0.15) is 0 Å². The zero-order valence-electron chi connectivity index (χ0n) is 12.8. The monoisotopic (exact) mass is 415 g/mol. The fraction of sp³-hybridized carbons (Fsp3) is 0.500. The van der Waals surface area contributed by atoms with E-state index < -0.39 is 0 Å². The van der Waals surface area contributed by atoms with Gasteiger partial charge in [-0.25, -0.2) is 0 Å². The molecule has 5 nitrogen and oxygen atoms in total. The molecule has 1 N–H and O–H groups in total. The highest BCUT2D eigenvalue weighted by molar-refractivity contribution is 14.1. The molecule has 1 heterocycles. The molecule has 0 bridgehead atoms. The van der Waals surface area contributed by atoms with Crippen molar-refractivity contribution in [2.24, 2.45) is 0 Å². The summed E-state index contributed by atoms with van der Waals surface area (Å²) in [5, 5.41) is 2.88. The number of nitrogens with zero attached hydrogens (tertiary/aromatic N) is 2. The van der Waals surface area contributed by atoms with Crippen LogP contribution in [-0.4, -0.2) is 60.9 Å². The fourth-order valence-corrected chi connectivity index (χ4v) is 2.77. The van der Waals surface area contributed by atoms with Gasteiger partial charge in [-0.3, -0.25) is 14.5 Å². The molecule has 0 saturated carbocycles. The SMILES string of the molecule is CCCNC(=O)CN1CCN(C(=O)c2ccc(I)cc2)CC1. The van der Waals surface area contributed by atoms with E-state index in [2.05, 4.69) is 32.8 Å². The number of benzene rings is 1. The standard InChI is InChI=1S/C16H22IN3O2/c1-2-7-18-15(21)12-19-8-10-20(11-9-19)16(22)13-3-5-14(17)6-4-13/h3-6H,2,7-12H2,1H3,(H,18,21). The Hall–Kier alpha value is -1.15. The number of nitrogens with one attached hydrogen (secondary N) is 1. The molecule has 0 spiro atoms. The van der Waals surface area contributed by atoms with Gasteiger partial charge in [0.25, 0.3) is 5.91 Å². The second kappa shape index (κ2) is 8.47. The van der Waals surface area contributed by atoms with Gasteiger partial charge in [0.05, 0.1) is 6.54 Å². The van der Waals surface area contributed by atoms with Crippen molar-refractivity contribution in [3.05, 3.63) is 33.4 Å². The molecule has 120 valence electrons. The number of halogens is 1. The molecule has 2 rings (SSSR count). The highest BCUT2D eigenvalue weighted by Gasteiger charge is 2.23. The third kappa shape index (κ3) is 4.95. The summed E-state index contributed by atoms with van der Waals surface area (Å²) in [6.45, 7) is 6.02. The van der Waals surface area contributed by atoms with E-state index in [9.17, 15) is 9.59 Å². The first-order chi connectivity index (χ1) is 10.6. The van der Waals surface area contributed by atoms with Gasteiger partial charge in [0, 0.05) is 41.9 Å². The van der Waals surface area contributed by atoms with Gasteiger partial charge in [0.2, 0.25) is 5.91 Å². The van der Waals surface area contributed by atoms with Gasteiger partial charge < -0.3 is 10.2 Å². The molecule has 1 fully saturated rings. The fourth-order valence-electron chi connectivity index (χ4n) is 2.41. The van der Waals surface area contributed by atoms with Crippen LogP contribution < -0.4 is 5.32 Å². The van der Waals surface area contributed by atoms with Crippen LogP contribution in [0.15, 0.2) is 24.3 Å². The Morgan fingerprint density at radius 2 is 1.77 bits per heavy atom. The molecule has 0 aromatic heterocycles. The Bertz CT molecular complexity index is 511. The topological polar surface area (TPSA) is 52.7 Å². The number of rotatable bonds is 5. The van der Waals surface area contributed by atoms with Gasteiger partial charge in [-0.15, -0.1) is 0 Å². The molecule has 0 unspecified atom stereocenters. The van der Waals surface area contributed by atoms with Crippen LogP contribution in [0.25, 0.3) is 0 Å². The molecule has 0 atom stereocenters. The number of carbonyl (C=O) groups excluding carboxylic acids is 2. The third-order valence-electron chi connectivity index (χ3n) is 3.69. The zero-order chi connectivity index (χ0) is 15.9. The van der Waals surface area contributed by atoms with Crippen molar-refractivity contribution in [2.75, 3.05) is 39.3 Å². The average Bonchev–Trinajstić information content (AvgIpc) is 2.54. The van der Waals surface area contributed by atoms with E-state index in [1.165, 1.54) is 0 Å². The zero-order valence-corrected chi connectivity index (χ0v) is 15.0. The van der Waals surface area contributed by atoms with Crippen LogP contribution in [-0.2, 0) is 4.79 Å². The van der Waals surface area contributed by atoms with E-state index in [1.54, 1.807) is 0 Å². The molecule has 1 aromatic rings. The summed E-state index contributed by atoms with van der Waals surface area (Å²) in [5.74, 6) is 0.144. The molecule has 22 heavy (non-hydrogen) atoms. The van der Waals surface area contributed by atoms with Crippen LogP contribution in [0, 0.1) is 3.57 Å². The molecule has 0 aliphatic carbocycles. The smallest absolute Gasteiger partial charge is 0.253 e. The number of hydrogen-bond acceptors (Lipinski definition) is 3. The number of amides is 2. The number of piperazine rings is 1. The largest absolute Gasteiger partial charge is 0.355 e. The Kier molecular flexibility index (Phi) is 6.63. The van der Waals surface area contributed by atoms with Gasteiger partial charge in [-0.05, 0) is 53.3 Å². The predicted molar refractivity (Wildman–Crippen MR) is 94.8 cm³/mol. The van der Waals surface area contributed by atoms with Gasteiger partial charge in [0.15, 0.2) is 0 Å². The number of hydrogen-bond donors (Lipinski definition) is 1. The van der Waals surface area contributed by atoms with Crippen molar-refractivity contribution >= 4 is 34.4 Å². The van der Waals surface area contributed by atoms with Crippen LogP contribution in [0.3, 0.4) is 0 Å². The average molecular weight is 415 g/mol. The maximum atomic E-state index is 12.4. The first-order valence-corrected chi connectivity index (χ1v) is 8.72. The van der Waals surface area contributed by atoms with Crippen molar-refractivity contribution < 1.29 is 9.59 Å². The molecule has 1 aromatic carbocycles. The second-order valence-corrected chi connectivity index (χ2v) is 6.67. The summed E-state index contributed by atoms with van der Waals surface area (Å²) < 4.78 is 1.12. The van der Waals surface area contributed by atoms with E-state index in [1.807, 2.05) is 36.1 Å². The second-order valence-electron chi connectivity index (χ2n) is 5.43. The van der Waals surface area contributed by atoms with E-state index in [0.717, 1.165) is 35.2 Å². The summed E-state index contributed by atoms with van der Waals surface area (Å²) in [7, 11) is 0. The highest BCUT2D eigenvalue weighted by Crippen LogP contribution is 2.11. The predicted octanol–water partition coefficient (Wildman–Crippen LogP) is 1.58. The van der Waals surface area contributed by atoms with Crippen molar-refractivity contribution in [1.82, 2.24) is 15.1 Å². The molecule has 2 amide bonds. The summed E-state index contributed by atoms with van der Waals surface area (Å²) in [5.41, 5.74) is 0.731. The van der Waals surface area contributed by atoms with E-state index in [-0.39, 0.29) is 11.8 Å². The van der Waals surface area contributed by atoms with Crippen molar-refractivity contribution in [3.63, 3.8) is 0 Å². The molecule has 1 saturated heterocycles. The van der Waals surface area contributed by atoms with Crippen LogP contribution >= 0.6 is 22.6 Å². The summed E-state index contributed by atoms with van der Waals surface area (Å²) >= 11 is 2.23. The molecule has 1 aliphatic rings. The lowest BCUT2D eigenvalue weighted by Crippen LogP contribution is -2.51. The normalized spacial score (nSPS) is 15.6. The van der Waals surface area contributed by atoms with Crippen molar-refractivity contribution in [3.8, 4) is 0 Å². The summed E-state index contributed by atoms with van der Waals surface area (Å²) in [6, 6.07) is 7.63. The Morgan fingerprint density at radius 3 is 2.36 bits per heavy atom. The maximum Gasteiger partial charge on any atom is 0.253 e. The van der Waals surface area contributed by atoms with Crippen LogP contribution in [0.1, 0.15) is 23.7 Å². The molecule has 0 radical (unpaired) electrons. The first-order valence-electron chi connectivity index (χ1n) is 7.64. The minimum absolute atomic E-state index is 0.0688. The third-order valence-corrected chi connectivity index (χ3v) is 4.41. The van der Waals surface area contributed by atoms with Crippen molar-refractivity contribution in [2.45, 2.75) is 13.3 Å². The molecular formula is C16H22IN3O2. The lowest BCUT2D eigenvalue weighted by atomic mass is 10.2. The van der Waals surface area contributed by atoms with Crippen LogP contribution in [0.2, 0.25) is 0 Å². The lowest BCUT2D eigenvalue weighted by Gasteiger charge is -2.34. The quantitative estimate of drug-likeness (QED) is 0.744. The lowest BCUT2D eigenvalue weighted by molar-refractivity contribution is -0.122. The molecule has 1 aliphatic heterocycles. The van der Waals surface area contributed by atoms with Crippen LogP contribution in [0.5, 0.6) is 0 Å². The maximum absolute atomic E-state index is 12.4. The highest BCUT2D eigenvalue weighted by atomic mass is 127. The molecular weight excluding hydrogens is 393 g/mol. The van der Waals surface area contributed by atoms with Gasteiger partial charge in [-0.1, -0.05) is 6.92 Å². The van der Waals surface area contributed by atoms with E-state index >= 15 is 0 Å². The minimum Gasteiger partial charge on any atom is -0.355 e. The minimum atomic E-state index is 0.0688. The summed E-state index contributed by atoms with van der Waals surface area (Å²) in [4.78, 5) is 28.1. The van der Waals surface area contributed by atoms with Gasteiger partial charge >= 0.3 is 0 Å². The Balaban J connectivity index is 1.80. The van der Waals surface area contributed by atoms with Gasteiger partial charge in [0.1, 0.15) is 0 Å². The summed E-state index contributed by atoms with van der Waals surface area (Å²) in [6.07, 6.45) is 0.948. The van der Waals surface area contributed by atoms with E-state index in [4.69, 9.17) is 0 Å². The first kappa shape index (κ1) is 17.2.